The average molecular weight is 379 g/mol. The van der Waals surface area contributed by atoms with Gasteiger partial charge in [0.15, 0.2) is 0 Å². The monoisotopic (exact) mass is 379 g/mol. The van der Waals surface area contributed by atoms with Gasteiger partial charge in [-0.05, 0) is 43.4 Å². The molecule has 2 amide bonds. The van der Waals surface area contributed by atoms with Gasteiger partial charge >= 0.3 is 6.18 Å². The fourth-order valence-electron chi connectivity index (χ4n) is 3.03. The number of rotatable bonds is 5. The van der Waals surface area contributed by atoms with Crippen molar-refractivity contribution in [2.75, 3.05) is 6.54 Å². The number of halogens is 5. The fraction of sp³-hybridized carbons (Fsp3) is 0.500. The Balaban J connectivity index is 2.04. The highest BCUT2D eigenvalue weighted by Crippen LogP contribution is 2.34. The Bertz CT molecular complexity index is 685. The normalized spacial score (nSPS) is 18.8. The molecule has 1 aromatic carbocycles. The Kier molecular flexibility index (Phi) is 5.84. The topological polar surface area (TPSA) is 89.4 Å². The highest BCUT2D eigenvalue weighted by molar-refractivity contribution is 5.89. The molecule has 5 nitrogen and oxygen atoms in total. The third-order valence-electron chi connectivity index (χ3n) is 4.31. The quantitative estimate of drug-likeness (QED) is 0.764. The predicted molar refractivity (Wildman–Crippen MR) is 81.6 cm³/mol. The third kappa shape index (κ3) is 4.29. The van der Waals surface area contributed by atoms with Gasteiger partial charge in [0.2, 0.25) is 11.8 Å². The summed E-state index contributed by atoms with van der Waals surface area (Å²) >= 11 is 0. The first kappa shape index (κ1) is 20.1. The smallest absolute Gasteiger partial charge is 0.368 e. The fourth-order valence-corrected chi connectivity index (χ4v) is 3.03. The molecular weight excluding hydrogens is 361 g/mol. The van der Waals surface area contributed by atoms with Gasteiger partial charge in [-0.1, -0.05) is 0 Å². The molecular formula is C16H18F5N3O2. The van der Waals surface area contributed by atoms with Crippen LogP contribution in [0.15, 0.2) is 12.1 Å². The van der Waals surface area contributed by atoms with E-state index in [2.05, 4.69) is 0 Å². The summed E-state index contributed by atoms with van der Waals surface area (Å²) in [6, 6.07) is -0.658. The number of nitrogens with two attached hydrogens (primary N) is 2. The van der Waals surface area contributed by atoms with Gasteiger partial charge in [-0.3, -0.25) is 9.59 Å². The van der Waals surface area contributed by atoms with Crippen molar-refractivity contribution >= 4 is 11.8 Å². The summed E-state index contributed by atoms with van der Waals surface area (Å²) in [5, 5.41) is 0. The molecule has 4 N–H and O–H groups in total. The summed E-state index contributed by atoms with van der Waals surface area (Å²) in [6.07, 6.45) is -4.26. The van der Waals surface area contributed by atoms with E-state index in [1.54, 1.807) is 0 Å². The Morgan fingerprint density at radius 2 is 1.81 bits per heavy atom. The molecule has 0 spiro atoms. The van der Waals surface area contributed by atoms with Crippen molar-refractivity contribution in [3.63, 3.8) is 0 Å². The van der Waals surface area contributed by atoms with Crippen LogP contribution in [-0.4, -0.2) is 35.3 Å². The number of carbonyl (C=O) groups excluding carboxylic acids is 2. The van der Waals surface area contributed by atoms with E-state index in [1.807, 2.05) is 0 Å². The van der Waals surface area contributed by atoms with Crippen LogP contribution in [-0.2, 0) is 22.2 Å². The average Bonchev–Trinajstić information content (AvgIpc) is 2.99. The van der Waals surface area contributed by atoms with Gasteiger partial charge in [0, 0.05) is 6.54 Å². The number of primary amides is 1. The molecule has 1 aromatic rings. The van der Waals surface area contributed by atoms with Crippen LogP contribution in [0.4, 0.5) is 22.0 Å². The second-order valence-electron chi connectivity index (χ2n) is 6.17. The molecule has 1 heterocycles. The summed E-state index contributed by atoms with van der Waals surface area (Å²) in [4.78, 5) is 24.9. The molecule has 0 saturated carbocycles. The highest BCUT2D eigenvalue weighted by Gasteiger charge is 2.38. The summed E-state index contributed by atoms with van der Waals surface area (Å²) < 4.78 is 64.8. The first-order valence-corrected chi connectivity index (χ1v) is 7.93. The molecule has 0 radical (unpaired) electrons. The lowest BCUT2D eigenvalue weighted by molar-refractivity contribution is -0.142. The van der Waals surface area contributed by atoms with Gasteiger partial charge in [0.25, 0.3) is 0 Å². The van der Waals surface area contributed by atoms with Gasteiger partial charge < -0.3 is 16.4 Å². The van der Waals surface area contributed by atoms with E-state index < -0.39 is 47.3 Å². The maximum atomic E-state index is 13.6. The zero-order chi connectivity index (χ0) is 19.6. The molecule has 2 atom stereocenters. The van der Waals surface area contributed by atoms with E-state index in [-0.39, 0.29) is 18.4 Å². The molecule has 1 unspecified atom stereocenters. The number of nitrogens with zero attached hydrogens (tertiary/aromatic N) is 1. The van der Waals surface area contributed by atoms with Gasteiger partial charge in [0.05, 0.1) is 6.04 Å². The van der Waals surface area contributed by atoms with E-state index in [0.29, 0.717) is 31.5 Å². The van der Waals surface area contributed by atoms with E-state index >= 15 is 0 Å². The summed E-state index contributed by atoms with van der Waals surface area (Å²) in [6.45, 7) is 0.323. The maximum Gasteiger partial charge on any atom is 0.422 e. The van der Waals surface area contributed by atoms with Crippen LogP contribution in [0.5, 0.6) is 0 Å². The van der Waals surface area contributed by atoms with Gasteiger partial charge in [-0.25, -0.2) is 8.78 Å². The number of amides is 2. The van der Waals surface area contributed by atoms with E-state index in [1.165, 1.54) is 4.90 Å². The molecule has 26 heavy (non-hydrogen) atoms. The van der Waals surface area contributed by atoms with Crippen molar-refractivity contribution in [2.45, 2.75) is 43.9 Å². The highest BCUT2D eigenvalue weighted by atomic mass is 19.4. The van der Waals surface area contributed by atoms with Crippen molar-refractivity contribution < 1.29 is 31.5 Å². The first-order chi connectivity index (χ1) is 12.0. The van der Waals surface area contributed by atoms with Crippen molar-refractivity contribution in [3.8, 4) is 0 Å². The zero-order valence-corrected chi connectivity index (χ0v) is 13.7. The zero-order valence-electron chi connectivity index (χ0n) is 13.7. The van der Waals surface area contributed by atoms with Crippen LogP contribution in [0.2, 0.25) is 0 Å². The second-order valence-corrected chi connectivity index (χ2v) is 6.17. The lowest BCUT2D eigenvalue weighted by Crippen LogP contribution is -2.50. The predicted octanol–water partition coefficient (Wildman–Crippen LogP) is 1.72. The molecule has 1 saturated heterocycles. The van der Waals surface area contributed by atoms with Gasteiger partial charge in [0.1, 0.15) is 23.2 Å². The maximum absolute atomic E-state index is 13.6. The van der Waals surface area contributed by atoms with Crippen molar-refractivity contribution in [2.24, 2.45) is 11.5 Å². The SMILES string of the molecule is NC(=O)C1CCCN1C(=O)[C@@H](N)CCc1cc(F)c(C(F)(F)F)c(F)c1. The Morgan fingerprint density at radius 1 is 1.23 bits per heavy atom. The number of benzene rings is 1. The number of aryl methyl sites for hydroxylation is 1. The Morgan fingerprint density at radius 3 is 2.31 bits per heavy atom. The second kappa shape index (κ2) is 7.56. The molecule has 0 aliphatic carbocycles. The molecule has 0 aromatic heterocycles. The molecule has 2 rings (SSSR count). The van der Waals surface area contributed by atoms with Crippen molar-refractivity contribution in [3.05, 3.63) is 34.9 Å². The molecule has 10 heteroatoms. The lowest BCUT2D eigenvalue weighted by atomic mass is 10.0. The lowest BCUT2D eigenvalue weighted by Gasteiger charge is -2.25. The molecule has 144 valence electrons. The minimum absolute atomic E-state index is 0.0505. The van der Waals surface area contributed by atoms with Crippen LogP contribution in [0.3, 0.4) is 0 Å². The Labute approximate surface area is 146 Å². The number of hydrogen-bond donors (Lipinski definition) is 2. The van der Waals surface area contributed by atoms with Crippen LogP contribution < -0.4 is 11.5 Å². The summed E-state index contributed by atoms with van der Waals surface area (Å²) in [5.74, 6) is -4.62. The minimum Gasteiger partial charge on any atom is -0.368 e. The van der Waals surface area contributed by atoms with Crippen LogP contribution >= 0.6 is 0 Å². The Hall–Kier alpha value is -2.23. The number of hydrogen-bond acceptors (Lipinski definition) is 3. The summed E-state index contributed by atoms with van der Waals surface area (Å²) in [5.41, 5.74) is 8.99. The van der Waals surface area contributed by atoms with E-state index in [4.69, 9.17) is 11.5 Å². The van der Waals surface area contributed by atoms with Crippen molar-refractivity contribution in [1.29, 1.82) is 0 Å². The molecule has 1 aliphatic rings. The largest absolute Gasteiger partial charge is 0.422 e. The van der Waals surface area contributed by atoms with Crippen LogP contribution in [0.25, 0.3) is 0 Å². The third-order valence-corrected chi connectivity index (χ3v) is 4.31. The molecule has 0 bridgehead atoms. The van der Waals surface area contributed by atoms with Crippen LogP contribution in [0, 0.1) is 11.6 Å². The number of alkyl halides is 3. The van der Waals surface area contributed by atoms with E-state index in [9.17, 15) is 31.5 Å². The van der Waals surface area contributed by atoms with Gasteiger partial charge in [-0.2, -0.15) is 13.2 Å². The summed E-state index contributed by atoms with van der Waals surface area (Å²) in [7, 11) is 0. The standard InChI is InChI=1S/C16H18F5N3O2/c17-9-6-8(7-10(18)13(9)16(19,20)21)3-4-11(22)15(26)24-5-1-2-12(24)14(23)25/h6-7,11-12H,1-5,22H2,(H2,23,25)/t11-,12?/m0/s1. The minimum atomic E-state index is -5.14. The molecule has 1 aliphatic heterocycles. The number of carbonyl (C=O) groups is 2. The van der Waals surface area contributed by atoms with Gasteiger partial charge in [-0.15, -0.1) is 0 Å². The first-order valence-electron chi connectivity index (χ1n) is 7.93. The van der Waals surface area contributed by atoms with Crippen molar-refractivity contribution in [1.82, 2.24) is 4.90 Å². The van der Waals surface area contributed by atoms with E-state index in [0.717, 1.165) is 0 Å². The molecule has 1 fully saturated rings. The van der Waals surface area contributed by atoms with Crippen LogP contribution in [0.1, 0.15) is 30.4 Å². The number of likely N-dealkylation sites (tertiary alicyclic amines) is 1.